The van der Waals surface area contributed by atoms with Crippen LogP contribution in [0.2, 0.25) is 0 Å². The molecule has 4 rings (SSSR count). The Morgan fingerprint density at radius 3 is 2.64 bits per heavy atom. The second-order valence-corrected chi connectivity index (χ2v) is 8.02. The van der Waals surface area contributed by atoms with Crippen molar-refractivity contribution in [1.29, 1.82) is 0 Å². The van der Waals surface area contributed by atoms with Crippen LogP contribution in [0.15, 0.2) is 74.8 Å². The minimum Gasteiger partial charge on any atom is -0.460 e. The first-order valence-electron chi connectivity index (χ1n) is 9.64. The van der Waals surface area contributed by atoms with Crippen molar-refractivity contribution in [2.45, 2.75) is 11.5 Å². The highest BCUT2D eigenvalue weighted by atomic mass is 32.2. The lowest BCUT2D eigenvalue weighted by Gasteiger charge is -2.10. The van der Waals surface area contributed by atoms with Gasteiger partial charge in [-0.05, 0) is 29.0 Å². The zero-order valence-corrected chi connectivity index (χ0v) is 17.8. The van der Waals surface area contributed by atoms with Crippen LogP contribution in [0.1, 0.15) is 15.9 Å². The third-order valence-corrected chi connectivity index (χ3v) is 5.93. The maximum Gasteiger partial charge on any atom is 0.336 e. The van der Waals surface area contributed by atoms with Gasteiger partial charge in [-0.25, -0.2) is 4.79 Å². The van der Waals surface area contributed by atoms with Crippen molar-refractivity contribution in [3.05, 3.63) is 92.3 Å². The van der Waals surface area contributed by atoms with Gasteiger partial charge in [0.2, 0.25) is 5.91 Å². The number of benzene rings is 3. The average molecular weight is 464 g/mol. The summed E-state index contributed by atoms with van der Waals surface area (Å²) in [7, 11) is 0. The van der Waals surface area contributed by atoms with Crippen molar-refractivity contribution in [2.75, 3.05) is 5.75 Å². The lowest BCUT2D eigenvalue weighted by Crippen LogP contribution is -2.12. The van der Waals surface area contributed by atoms with E-state index in [1.807, 2.05) is 30.3 Å². The maximum absolute atomic E-state index is 12.3. The zero-order chi connectivity index (χ0) is 23.5. The Morgan fingerprint density at radius 1 is 1.09 bits per heavy atom. The molecule has 0 unspecified atom stereocenters. The summed E-state index contributed by atoms with van der Waals surface area (Å²) in [5.74, 6) is -1.63. The normalized spacial score (nSPS) is 10.9. The lowest BCUT2D eigenvalue weighted by molar-refractivity contribution is -0.387. The van der Waals surface area contributed by atoms with Gasteiger partial charge in [0, 0.05) is 28.6 Å². The molecule has 0 fully saturated rings. The number of nitrogens with zero attached hydrogens (tertiary/aromatic N) is 1. The number of carbonyl (C=O) groups is 2. The van der Waals surface area contributed by atoms with Gasteiger partial charge in [-0.15, -0.1) is 11.8 Å². The third kappa shape index (κ3) is 4.70. The van der Waals surface area contributed by atoms with E-state index in [0.717, 1.165) is 28.6 Å². The Balaban J connectivity index is 1.52. The van der Waals surface area contributed by atoms with E-state index in [2.05, 4.69) is 0 Å². The van der Waals surface area contributed by atoms with Gasteiger partial charge in [0.1, 0.15) is 12.2 Å². The molecule has 0 saturated carbocycles. The fourth-order valence-corrected chi connectivity index (χ4v) is 4.21. The van der Waals surface area contributed by atoms with E-state index >= 15 is 0 Å². The lowest BCUT2D eigenvalue weighted by atomic mass is 10.0. The molecular weight excluding hydrogens is 448 g/mol. The number of esters is 1. The van der Waals surface area contributed by atoms with E-state index in [-0.39, 0.29) is 28.5 Å². The van der Waals surface area contributed by atoms with E-state index in [4.69, 9.17) is 14.9 Å². The Labute approximate surface area is 190 Å². The van der Waals surface area contributed by atoms with Gasteiger partial charge < -0.3 is 14.9 Å². The van der Waals surface area contributed by atoms with Gasteiger partial charge in [0.05, 0.1) is 15.6 Å². The van der Waals surface area contributed by atoms with Crippen LogP contribution < -0.4 is 11.4 Å². The molecule has 0 aliphatic heterocycles. The van der Waals surface area contributed by atoms with E-state index in [9.17, 15) is 24.5 Å². The molecule has 0 spiro atoms. The summed E-state index contributed by atoms with van der Waals surface area (Å²) in [6.07, 6.45) is 0. The smallest absolute Gasteiger partial charge is 0.336 e. The molecule has 9 nitrogen and oxygen atoms in total. The molecule has 0 bridgehead atoms. The summed E-state index contributed by atoms with van der Waals surface area (Å²) in [6, 6.07) is 16.1. The molecule has 0 aliphatic rings. The van der Waals surface area contributed by atoms with Crippen molar-refractivity contribution < 1.29 is 23.7 Å². The van der Waals surface area contributed by atoms with Gasteiger partial charge in [0.15, 0.2) is 0 Å². The second kappa shape index (κ2) is 9.13. The fourth-order valence-electron chi connectivity index (χ4n) is 3.41. The number of carbonyl (C=O) groups excluding carboxylic acids is 2. The molecule has 33 heavy (non-hydrogen) atoms. The number of thioether (sulfide) groups is 1. The molecule has 0 radical (unpaired) electrons. The van der Waals surface area contributed by atoms with E-state index in [1.165, 1.54) is 18.2 Å². The highest BCUT2D eigenvalue weighted by Gasteiger charge is 2.19. The van der Waals surface area contributed by atoms with Crippen molar-refractivity contribution in [3.8, 4) is 0 Å². The number of nitro groups is 1. The molecule has 0 aliphatic carbocycles. The number of hydrogen-bond acceptors (Lipinski definition) is 8. The van der Waals surface area contributed by atoms with Crippen molar-refractivity contribution >= 4 is 51.1 Å². The highest BCUT2D eigenvalue weighted by molar-refractivity contribution is 8.00. The van der Waals surface area contributed by atoms with Crippen LogP contribution in [0.4, 0.5) is 5.69 Å². The molecule has 3 aromatic carbocycles. The topological polar surface area (TPSA) is 143 Å². The molecule has 1 amide bonds. The van der Waals surface area contributed by atoms with Gasteiger partial charge >= 0.3 is 11.6 Å². The summed E-state index contributed by atoms with van der Waals surface area (Å²) < 4.78 is 10.6. The van der Waals surface area contributed by atoms with Crippen molar-refractivity contribution in [3.63, 3.8) is 0 Å². The van der Waals surface area contributed by atoms with E-state index < -0.39 is 22.4 Å². The Morgan fingerprint density at radius 2 is 1.88 bits per heavy atom. The van der Waals surface area contributed by atoms with Crippen molar-refractivity contribution in [1.82, 2.24) is 0 Å². The molecule has 1 aromatic heterocycles. The summed E-state index contributed by atoms with van der Waals surface area (Å²) in [5, 5.41) is 13.8. The number of hydrogen-bond donors (Lipinski definition) is 1. The van der Waals surface area contributed by atoms with Gasteiger partial charge in [-0.2, -0.15) is 0 Å². The molecule has 0 atom stereocenters. The summed E-state index contributed by atoms with van der Waals surface area (Å²) in [4.78, 5) is 46.4. The number of nitrogens with two attached hydrogens (primary N) is 1. The molecule has 1 heterocycles. The summed E-state index contributed by atoms with van der Waals surface area (Å²) in [5.41, 5.74) is 5.14. The predicted molar refractivity (Wildman–Crippen MR) is 122 cm³/mol. The van der Waals surface area contributed by atoms with Crippen LogP contribution in [0, 0.1) is 10.1 Å². The monoisotopic (exact) mass is 464 g/mol. The van der Waals surface area contributed by atoms with Crippen LogP contribution in [-0.4, -0.2) is 22.6 Å². The number of amides is 1. The van der Waals surface area contributed by atoms with Crippen LogP contribution in [0.25, 0.3) is 21.7 Å². The largest absolute Gasteiger partial charge is 0.460 e. The van der Waals surface area contributed by atoms with Crippen LogP contribution in [0.3, 0.4) is 0 Å². The quantitative estimate of drug-likeness (QED) is 0.109. The van der Waals surface area contributed by atoms with Crippen LogP contribution in [0.5, 0.6) is 0 Å². The standard InChI is InChI=1S/C23H16N2O7S/c24-23(28)14-6-8-19(17(9-14)25(29)30)33-12-21(27)31-11-15-10-20(26)32-18-7-5-13-3-1-2-4-16(13)22(15)18/h1-10H,11-12H2,(H2,24,28). The molecule has 10 heteroatoms. The Bertz CT molecular complexity index is 1480. The highest BCUT2D eigenvalue weighted by Crippen LogP contribution is 2.31. The number of nitro benzene ring substituents is 1. The number of ether oxygens (including phenoxy) is 1. The fraction of sp³-hybridized carbons (Fsp3) is 0.0870. The molecule has 0 saturated heterocycles. The minimum atomic E-state index is -0.791. The Hall–Kier alpha value is -4.18. The number of rotatable bonds is 7. The summed E-state index contributed by atoms with van der Waals surface area (Å²) in [6.45, 7) is -0.168. The maximum atomic E-state index is 12.3. The average Bonchev–Trinajstić information content (AvgIpc) is 2.80. The van der Waals surface area contributed by atoms with Gasteiger partial charge in [-0.1, -0.05) is 30.3 Å². The third-order valence-electron chi connectivity index (χ3n) is 4.89. The number of primary amides is 1. The number of fused-ring (bicyclic) bond motifs is 3. The first-order valence-corrected chi connectivity index (χ1v) is 10.6. The first kappa shape index (κ1) is 22.0. The first-order chi connectivity index (χ1) is 15.8. The molecule has 2 N–H and O–H groups in total. The minimum absolute atomic E-state index is 0.00404. The second-order valence-electron chi connectivity index (χ2n) is 7.00. The van der Waals surface area contributed by atoms with E-state index in [1.54, 1.807) is 6.07 Å². The SMILES string of the molecule is NC(=O)c1ccc(SCC(=O)OCc2cc(=O)oc3ccc4ccccc4c23)c([N+](=O)[O-])c1. The zero-order valence-electron chi connectivity index (χ0n) is 17.0. The molecule has 166 valence electrons. The van der Waals surface area contributed by atoms with Crippen molar-refractivity contribution in [2.24, 2.45) is 5.73 Å². The molecular formula is C23H16N2O7S. The van der Waals surface area contributed by atoms with E-state index in [0.29, 0.717) is 16.5 Å². The Kier molecular flexibility index (Phi) is 6.09. The molecule has 4 aromatic rings. The summed E-state index contributed by atoms with van der Waals surface area (Å²) >= 11 is 0.900. The van der Waals surface area contributed by atoms with Gasteiger partial charge in [-0.3, -0.25) is 19.7 Å². The predicted octanol–water partition coefficient (Wildman–Crippen LogP) is 3.79. The van der Waals surface area contributed by atoms with Crippen LogP contribution >= 0.6 is 11.8 Å². The van der Waals surface area contributed by atoms with Crippen LogP contribution in [-0.2, 0) is 16.1 Å². The van der Waals surface area contributed by atoms with Gasteiger partial charge in [0.25, 0.3) is 5.69 Å².